The molecule has 0 radical (unpaired) electrons. The summed E-state index contributed by atoms with van der Waals surface area (Å²) in [5, 5.41) is 20.4. The van der Waals surface area contributed by atoms with Crippen molar-refractivity contribution in [2.75, 3.05) is 5.32 Å². The Bertz CT molecular complexity index is 1010. The molecular formula is C21H23FN6O2. The Morgan fingerprint density at radius 3 is 2.77 bits per heavy atom. The Morgan fingerprint density at radius 2 is 2.03 bits per heavy atom. The fourth-order valence-corrected chi connectivity index (χ4v) is 3.78. The predicted molar refractivity (Wildman–Crippen MR) is 109 cm³/mol. The van der Waals surface area contributed by atoms with Crippen molar-refractivity contribution >= 4 is 11.7 Å². The number of hydrogen-bond donors (Lipinski definition) is 3. The number of aliphatic hydroxyl groups is 1. The molecule has 1 fully saturated rings. The molecule has 3 aromatic rings. The number of aromatic nitrogens is 4. The van der Waals surface area contributed by atoms with Gasteiger partial charge >= 0.3 is 6.03 Å². The molecule has 30 heavy (non-hydrogen) atoms. The highest BCUT2D eigenvalue weighted by Gasteiger charge is 2.33. The molecule has 0 spiro atoms. The summed E-state index contributed by atoms with van der Waals surface area (Å²) >= 11 is 0. The second-order valence-corrected chi connectivity index (χ2v) is 7.45. The van der Waals surface area contributed by atoms with Gasteiger partial charge in [-0.25, -0.2) is 14.2 Å². The number of anilines is 1. The standard InChI is InChI=1S/C21H23FN6O2/c1-28-20(26-19(27-28)14-3-2-10-23-12-14)13-4-9-18(29)17(11-13)25-21(30)24-16-7-5-15(22)6-8-16/h2-3,5-8,10,12-13,17-18,29H,4,9,11H2,1H3,(H2,24,25,30)/t13-,17+,18+/m0/s1. The van der Waals surface area contributed by atoms with Crippen LogP contribution in [0.5, 0.6) is 0 Å². The van der Waals surface area contributed by atoms with E-state index in [-0.39, 0.29) is 11.7 Å². The van der Waals surface area contributed by atoms with Gasteiger partial charge < -0.3 is 15.7 Å². The third kappa shape index (κ3) is 4.46. The van der Waals surface area contributed by atoms with Gasteiger partial charge in [0, 0.05) is 36.6 Å². The van der Waals surface area contributed by atoms with Crippen LogP contribution in [0.2, 0.25) is 0 Å². The molecule has 8 nitrogen and oxygen atoms in total. The first-order valence-electron chi connectivity index (χ1n) is 9.82. The molecule has 0 bridgehead atoms. The molecule has 1 saturated carbocycles. The molecule has 0 aliphatic heterocycles. The van der Waals surface area contributed by atoms with Crippen molar-refractivity contribution in [2.45, 2.75) is 37.3 Å². The minimum absolute atomic E-state index is 0.0486. The lowest BCUT2D eigenvalue weighted by Gasteiger charge is -2.33. The minimum Gasteiger partial charge on any atom is -0.391 e. The fourth-order valence-electron chi connectivity index (χ4n) is 3.78. The van der Waals surface area contributed by atoms with E-state index < -0.39 is 18.2 Å². The molecule has 2 heterocycles. The number of aryl methyl sites for hydroxylation is 1. The summed E-state index contributed by atoms with van der Waals surface area (Å²) in [6.07, 6.45) is 4.60. The number of nitrogens with one attached hydrogen (secondary N) is 2. The van der Waals surface area contributed by atoms with Gasteiger partial charge in [0.2, 0.25) is 0 Å². The van der Waals surface area contributed by atoms with Crippen LogP contribution >= 0.6 is 0 Å². The van der Waals surface area contributed by atoms with Gasteiger partial charge in [-0.15, -0.1) is 0 Å². The van der Waals surface area contributed by atoms with Crippen molar-refractivity contribution in [3.63, 3.8) is 0 Å². The van der Waals surface area contributed by atoms with Crippen LogP contribution in [0.15, 0.2) is 48.8 Å². The third-order valence-electron chi connectivity index (χ3n) is 5.31. The molecule has 0 saturated heterocycles. The van der Waals surface area contributed by atoms with Gasteiger partial charge in [0.25, 0.3) is 0 Å². The number of rotatable bonds is 4. The van der Waals surface area contributed by atoms with Crippen LogP contribution in [0.25, 0.3) is 11.4 Å². The van der Waals surface area contributed by atoms with Crippen LogP contribution in [-0.4, -0.2) is 43.0 Å². The largest absolute Gasteiger partial charge is 0.391 e. The number of halogens is 1. The van der Waals surface area contributed by atoms with E-state index in [1.54, 1.807) is 17.1 Å². The molecule has 1 aliphatic rings. The van der Waals surface area contributed by atoms with Gasteiger partial charge in [0.05, 0.1) is 12.1 Å². The topological polar surface area (TPSA) is 105 Å². The molecule has 0 unspecified atom stereocenters. The average molecular weight is 410 g/mol. The molecule has 2 amide bonds. The monoisotopic (exact) mass is 410 g/mol. The van der Waals surface area contributed by atoms with E-state index in [1.165, 1.54) is 24.3 Å². The molecule has 1 aliphatic carbocycles. The van der Waals surface area contributed by atoms with Crippen molar-refractivity contribution < 1.29 is 14.3 Å². The van der Waals surface area contributed by atoms with Crippen LogP contribution in [0.4, 0.5) is 14.9 Å². The van der Waals surface area contributed by atoms with Gasteiger partial charge in [0.1, 0.15) is 11.6 Å². The van der Waals surface area contributed by atoms with Crippen molar-refractivity contribution in [1.82, 2.24) is 25.1 Å². The third-order valence-corrected chi connectivity index (χ3v) is 5.31. The number of amides is 2. The number of aliphatic hydroxyl groups excluding tert-OH is 1. The lowest BCUT2D eigenvalue weighted by molar-refractivity contribution is 0.0862. The zero-order chi connectivity index (χ0) is 21.1. The first kappa shape index (κ1) is 20.0. The van der Waals surface area contributed by atoms with E-state index in [0.717, 1.165) is 17.8 Å². The van der Waals surface area contributed by atoms with Crippen molar-refractivity contribution in [2.24, 2.45) is 7.05 Å². The van der Waals surface area contributed by atoms with Crippen LogP contribution in [-0.2, 0) is 7.05 Å². The Hall–Kier alpha value is -3.33. The summed E-state index contributed by atoms with van der Waals surface area (Å²) in [5.41, 5.74) is 1.31. The normalized spacial score (nSPS) is 21.2. The lowest BCUT2D eigenvalue weighted by atomic mass is 9.83. The van der Waals surface area contributed by atoms with E-state index >= 15 is 0 Å². The van der Waals surface area contributed by atoms with Crippen LogP contribution in [0.3, 0.4) is 0 Å². The first-order valence-corrected chi connectivity index (χ1v) is 9.82. The number of carbonyl (C=O) groups is 1. The Morgan fingerprint density at radius 1 is 1.23 bits per heavy atom. The van der Waals surface area contributed by atoms with E-state index in [2.05, 4.69) is 25.7 Å². The molecular weight excluding hydrogens is 387 g/mol. The number of nitrogens with zero attached hydrogens (tertiary/aromatic N) is 4. The molecule has 3 atom stereocenters. The maximum atomic E-state index is 13.0. The Kier molecular flexibility index (Phi) is 5.71. The van der Waals surface area contributed by atoms with E-state index in [4.69, 9.17) is 0 Å². The summed E-state index contributed by atoms with van der Waals surface area (Å²) in [5.74, 6) is 1.09. The predicted octanol–water partition coefficient (Wildman–Crippen LogP) is 2.83. The Balaban J connectivity index is 1.44. The number of pyridine rings is 1. The summed E-state index contributed by atoms with van der Waals surface area (Å²) in [6.45, 7) is 0. The second-order valence-electron chi connectivity index (χ2n) is 7.45. The van der Waals surface area contributed by atoms with Crippen molar-refractivity contribution in [3.8, 4) is 11.4 Å². The minimum atomic E-state index is -0.647. The van der Waals surface area contributed by atoms with Gasteiger partial charge in [-0.3, -0.25) is 9.67 Å². The molecule has 3 N–H and O–H groups in total. The fraction of sp³-hybridized carbons (Fsp3) is 0.333. The highest BCUT2D eigenvalue weighted by Crippen LogP contribution is 2.33. The van der Waals surface area contributed by atoms with Crippen LogP contribution in [0.1, 0.15) is 31.0 Å². The SMILES string of the molecule is Cn1nc(-c2cccnc2)nc1[C@H]1CC[C@@H](O)[C@H](NC(=O)Nc2ccc(F)cc2)C1. The van der Waals surface area contributed by atoms with Gasteiger partial charge in [-0.05, 0) is 55.7 Å². The molecule has 1 aromatic carbocycles. The molecule has 4 rings (SSSR count). The average Bonchev–Trinajstić information content (AvgIpc) is 3.14. The van der Waals surface area contributed by atoms with Crippen LogP contribution in [0, 0.1) is 5.82 Å². The number of benzene rings is 1. The van der Waals surface area contributed by atoms with Crippen LogP contribution < -0.4 is 10.6 Å². The molecule has 2 aromatic heterocycles. The second kappa shape index (κ2) is 8.58. The summed E-state index contributed by atoms with van der Waals surface area (Å²) in [7, 11) is 1.84. The summed E-state index contributed by atoms with van der Waals surface area (Å²) < 4.78 is 14.8. The Labute approximate surface area is 173 Å². The van der Waals surface area contributed by atoms with Crippen molar-refractivity contribution in [3.05, 3.63) is 60.4 Å². The quantitative estimate of drug-likeness (QED) is 0.613. The van der Waals surface area contributed by atoms with Gasteiger partial charge in [0.15, 0.2) is 5.82 Å². The molecule has 156 valence electrons. The maximum absolute atomic E-state index is 13.0. The lowest BCUT2D eigenvalue weighted by Crippen LogP contribution is -2.48. The van der Waals surface area contributed by atoms with E-state index in [1.807, 2.05) is 19.2 Å². The van der Waals surface area contributed by atoms with Crippen molar-refractivity contribution in [1.29, 1.82) is 0 Å². The highest BCUT2D eigenvalue weighted by molar-refractivity contribution is 5.89. The number of hydrogen-bond acceptors (Lipinski definition) is 5. The molecule has 9 heteroatoms. The van der Waals surface area contributed by atoms with Gasteiger partial charge in [-0.2, -0.15) is 5.10 Å². The highest BCUT2D eigenvalue weighted by atomic mass is 19.1. The summed E-state index contributed by atoms with van der Waals surface area (Å²) in [4.78, 5) is 21.1. The van der Waals surface area contributed by atoms with E-state index in [9.17, 15) is 14.3 Å². The maximum Gasteiger partial charge on any atom is 0.319 e. The summed E-state index contributed by atoms with van der Waals surface area (Å²) in [6, 6.07) is 8.37. The zero-order valence-corrected chi connectivity index (χ0v) is 16.5. The smallest absolute Gasteiger partial charge is 0.319 e. The van der Waals surface area contributed by atoms with E-state index in [0.29, 0.717) is 24.4 Å². The first-order chi connectivity index (χ1) is 14.5. The van der Waals surface area contributed by atoms with Gasteiger partial charge in [-0.1, -0.05) is 0 Å². The number of carbonyl (C=O) groups excluding carboxylic acids is 1. The zero-order valence-electron chi connectivity index (χ0n) is 16.5. The number of urea groups is 1.